The van der Waals surface area contributed by atoms with Crippen LogP contribution in [0.25, 0.3) is 32.2 Å². The fourth-order valence-electron chi connectivity index (χ4n) is 3.34. The van der Waals surface area contributed by atoms with Gasteiger partial charge in [-0.15, -0.1) is 22.7 Å². The van der Waals surface area contributed by atoms with Gasteiger partial charge < -0.3 is 5.32 Å². The summed E-state index contributed by atoms with van der Waals surface area (Å²) in [6.45, 7) is 0.560. The molecule has 0 fully saturated rings. The fourth-order valence-corrected chi connectivity index (χ4v) is 4.77. The Hall–Kier alpha value is -3.42. The van der Waals surface area contributed by atoms with E-state index in [0.717, 1.165) is 38.6 Å². The number of hydrogen-bond acceptors (Lipinski definition) is 6. The summed E-state index contributed by atoms with van der Waals surface area (Å²) in [5.41, 5.74) is 4.93. The van der Waals surface area contributed by atoms with E-state index in [1.165, 1.54) is 0 Å². The van der Waals surface area contributed by atoms with Crippen molar-refractivity contribution in [2.75, 3.05) is 6.54 Å². The lowest BCUT2D eigenvalue weighted by atomic mass is 10.1. The molecule has 0 atom stereocenters. The van der Waals surface area contributed by atoms with Gasteiger partial charge in [0.15, 0.2) is 0 Å². The maximum atomic E-state index is 12.7. The first-order valence-corrected chi connectivity index (χ1v) is 11.6. The molecule has 0 spiro atoms. The van der Waals surface area contributed by atoms with Crippen molar-refractivity contribution in [3.63, 3.8) is 0 Å². The van der Waals surface area contributed by atoms with Crippen LogP contribution in [0.2, 0.25) is 0 Å². The van der Waals surface area contributed by atoms with E-state index in [9.17, 15) is 4.79 Å². The molecule has 0 bridgehead atoms. The Morgan fingerprint density at radius 2 is 1.52 bits per heavy atom. The molecule has 5 aromatic rings. The molecule has 0 aliphatic heterocycles. The van der Waals surface area contributed by atoms with Crippen LogP contribution in [0, 0.1) is 0 Å². The van der Waals surface area contributed by atoms with Gasteiger partial charge in [-0.3, -0.25) is 9.78 Å². The third kappa shape index (κ3) is 4.23. The van der Waals surface area contributed by atoms with Crippen LogP contribution in [-0.4, -0.2) is 27.4 Å². The number of benzene rings is 1. The van der Waals surface area contributed by atoms with Gasteiger partial charge in [0.05, 0.1) is 20.8 Å². The molecule has 4 heterocycles. The molecule has 1 aromatic carbocycles. The third-order valence-electron chi connectivity index (χ3n) is 4.88. The Labute approximate surface area is 187 Å². The molecule has 152 valence electrons. The van der Waals surface area contributed by atoms with Crippen LogP contribution in [0.1, 0.15) is 15.9 Å². The van der Waals surface area contributed by atoms with Gasteiger partial charge in [0.1, 0.15) is 11.4 Å². The average molecular weight is 443 g/mol. The molecule has 1 amide bonds. The number of rotatable bonds is 6. The minimum Gasteiger partial charge on any atom is -0.352 e. The summed E-state index contributed by atoms with van der Waals surface area (Å²) in [7, 11) is 0. The predicted octanol–water partition coefficient (Wildman–Crippen LogP) is 5.45. The number of carbonyl (C=O) groups is 1. The van der Waals surface area contributed by atoms with Gasteiger partial charge >= 0.3 is 0 Å². The first kappa shape index (κ1) is 19.5. The number of carbonyl (C=O) groups excluding carboxylic acids is 1. The second kappa shape index (κ2) is 8.75. The van der Waals surface area contributed by atoms with Crippen molar-refractivity contribution in [3.05, 3.63) is 88.9 Å². The van der Waals surface area contributed by atoms with Gasteiger partial charge in [-0.1, -0.05) is 12.1 Å². The summed E-state index contributed by atoms with van der Waals surface area (Å²) in [5, 5.41) is 7.06. The molecule has 5 nitrogen and oxygen atoms in total. The average Bonchev–Trinajstić information content (AvgIpc) is 3.53. The number of pyridine rings is 1. The van der Waals surface area contributed by atoms with Gasteiger partial charge in [0, 0.05) is 24.5 Å². The first-order chi connectivity index (χ1) is 15.3. The Bertz CT molecular complexity index is 1320. The summed E-state index contributed by atoms with van der Waals surface area (Å²) >= 11 is 3.28. The number of nitrogens with zero attached hydrogens (tertiary/aromatic N) is 3. The molecular weight excluding hydrogens is 424 g/mol. The van der Waals surface area contributed by atoms with E-state index < -0.39 is 0 Å². The Morgan fingerprint density at radius 1 is 0.839 bits per heavy atom. The van der Waals surface area contributed by atoms with E-state index in [-0.39, 0.29) is 5.91 Å². The van der Waals surface area contributed by atoms with Gasteiger partial charge in [0.2, 0.25) is 0 Å². The van der Waals surface area contributed by atoms with Crippen LogP contribution in [-0.2, 0) is 6.42 Å². The van der Waals surface area contributed by atoms with Crippen molar-refractivity contribution in [2.45, 2.75) is 6.42 Å². The molecule has 1 N–H and O–H groups in total. The second-order valence-corrected chi connectivity index (χ2v) is 8.84. The molecule has 4 aromatic heterocycles. The summed E-state index contributed by atoms with van der Waals surface area (Å²) in [6.07, 6.45) is 4.28. The number of thiophene rings is 2. The lowest BCUT2D eigenvalue weighted by Crippen LogP contribution is -2.25. The van der Waals surface area contributed by atoms with Crippen molar-refractivity contribution in [3.8, 4) is 21.1 Å². The smallest absolute Gasteiger partial charge is 0.251 e. The van der Waals surface area contributed by atoms with Crippen molar-refractivity contribution >= 4 is 39.6 Å². The van der Waals surface area contributed by atoms with E-state index in [1.54, 1.807) is 35.1 Å². The highest BCUT2D eigenvalue weighted by molar-refractivity contribution is 7.14. The summed E-state index contributed by atoms with van der Waals surface area (Å²) in [4.78, 5) is 28.6. The molecule has 0 saturated heterocycles. The maximum absolute atomic E-state index is 12.7. The molecule has 0 aliphatic rings. The SMILES string of the molecule is O=C(NCCc1ccncc1)c1ccc2nc(-c3cccs3)c(-c3cccs3)nc2c1. The van der Waals surface area contributed by atoms with E-state index in [2.05, 4.69) is 16.4 Å². The Kier molecular flexibility index (Phi) is 5.52. The highest BCUT2D eigenvalue weighted by Crippen LogP contribution is 2.35. The summed E-state index contributed by atoms with van der Waals surface area (Å²) in [6, 6.07) is 17.5. The highest BCUT2D eigenvalue weighted by Gasteiger charge is 2.16. The maximum Gasteiger partial charge on any atom is 0.251 e. The highest BCUT2D eigenvalue weighted by atomic mass is 32.1. The van der Waals surface area contributed by atoms with E-state index in [1.807, 2.05) is 59.3 Å². The van der Waals surface area contributed by atoms with Crippen LogP contribution < -0.4 is 5.32 Å². The van der Waals surface area contributed by atoms with Crippen LogP contribution in [0.3, 0.4) is 0 Å². The standard InChI is InChI=1S/C24H18N4OS2/c29-24(26-12-9-16-7-10-25-11-8-16)17-5-6-18-19(15-17)28-23(21-4-2-14-31-21)22(27-18)20-3-1-13-30-20/h1-8,10-11,13-15H,9,12H2,(H,26,29). The van der Waals surface area contributed by atoms with E-state index >= 15 is 0 Å². The summed E-state index contributed by atoms with van der Waals surface area (Å²) < 4.78 is 0. The zero-order valence-electron chi connectivity index (χ0n) is 16.5. The molecule has 7 heteroatoms. The third-order valence-corrected chi connectivity index (χ3v) is 6.64. The molecular formula is C24H18N4OS2. The number of amides is 1. The predicted molar refractivity (Wildman–Crippen MR) is 126 cm³/mol. The molecule has 0 radical (unpaired) electrons. The zero-order valence-corrected chi connectivity index (χ0v) is 18.1. The van der Waals surface area contributed by atoms with Crippen LogP contribution in [0.5, 0.6) is 0 Å². The van der Waals surface area contributed by atoms with Crippen molar-refractivity contribution in [1.29, 1.82) is 0 Å². The molecule has 0 aliphatic carbocycles. The molecule has 31 heavy (non-hydrogen) atoms. The second-order valence-electron chi connectivity index (χ2n) is 6.94. The topological polar surface area (TPSA) is 67.8 Å². The van der Waals surface area contributed by atoms with Gasteiger partial charge in [-0.25, -0.2) is 9.97 Å². The number of nitrogens with one attached hydrogen (secondary N) is 1. The quantitative estimate of drug-likeness (QED) is 0.379. The van der Waals surface area contributed by atoms with Crippen LogP contribution in [0.4, 0.5) is 0 Å². The fraction of sp³-hybridized carbons (Fsp3) is 0.0833. The number of aromatic nitrogens is 3. The summed E-state index contributed by atoms with van der Waals surface area (Å²) in [5.74, 6) is -0.113. The van der Waals surface area contributed by atoms with Crippen LogP contribution >= 0.6 is 22.7 Å². The van der Waals surface area contributed by atoms with Gasteiger partial charge in [-0.2, -0.15) is 0 Å². The zero-order chi connectivity index (χ0) is 21.0. The monoisotopic (exact) mass is 442 g/mol. The lowest BCUT2D eigenvalue weighted by molar-refractivity contribution is 0.0954. The normalized spacial score (nSPS) is 11.0. The minimum absolute atomic E-state index is 0.113. The molecule has 0 saturated carbocycles. The molecule has 5 rings (SSSR count). The minimum atomic E-state index is -0.113. The van der Waals surface area contributed by atoms with Crippen LogP contribution in [0.15, 0.2) is 77.8 Å². The number of hydrogen-bond donors (Lipinski definition) is 1. The van der Waals surface area contributed by atoms with E-state index in [0.29, 0.717) is 17.6 Å². The van der Waals surface area contributed by atoms with Gasteiger partial charge in [-0.05, 0) is 65.2 Å². The van der Waals surface area contributed by atoms with Crippen molar-refractivity contribution in [1.82, 2.24) is 20.3 Å². The largest absolute Gasteiger partial charge is 0.352 e. The van der Waals surface area contributed by atoms with E-state index in [4.69, 9.17) is 9.97 Å². The first-order valence-electron chi connectivity index (χ1n) is 9.84. The van der Waals surface area contributed by atoms with Crippen molar-refractivity contribution < 1.29 is 4.79 Å². The Balaban J connectivity index is 1.44. The van der Waals surface area contributed by atoms with Crippen molar-refractivity contribution in [2.24, 2.45) is 0 Å². The number of fused-ring (bicyclic) bond motifs is 1. The van der Waals surface area contributed by atoms with Gasteiger partial charge in [0.25, 0.3) is 5.91 Å². The lowest BCUT2D eigenvalue weighted by Gasteiger charge is -2.09. The molecule has 0 unspecified atom stereocenters. The Morgan fingerprint density at radius 3 is 2.16 bits per heavy atom.